The Bertz CT molecular complexity index is 547. The predicted molar refractivity (Wildman–Crippen MR) is 87.2 cm³/mol. The molecule has 2 fully saturated rings. The largest absolute Gasteiger partial charge is 0.464 e. The third-order valence-corrected chi connectivity index (χ3v) is 5.27. The number of nitrogens with zero attached hydrogens (tertiary/aromatic N) is 3. The maximum absolute atomic E-state index is 12.3. The maximum atomic E-state index is 12.3. The normalized spacial score (nSPS) is 28.3. The molecule has 1 aliphatic heterocycles. The van der Waals surface area contributed by atoms with Crippen molar-refractivity contribution in [2.24, 2.45) is 11.8 Å². The number of hydrogen-bond acceptors (Lipinski definition) is 6. The van der Waals surface area contributed by atoms with Gasteiger partial charge in [0.1, 0.15) is 12.6 Å². The van der Waals surface area contributed by atoms with Crippen molar-refractivity contribution >= 4 is 18.5 Å². The average Bonchev–Trinajstić information content (AvgIpc) is 2.64. The minimum absolute atomic E-state index is 0.00548. The lowest BCUT2D eigenvalue weighted by Gasteiger charge is -2.47. The number of nitriles is 1. The van der Waals surface area contributed by atoms with Gasteiger partial charge in [0.15, 0.2) is 0 Å². The highest BCUT2D eigenvalue weighted by atomic mass is 16.6. The molecule has 25 heavy (non-hydrogen) atoms. The minimum Gasteiger partial charge on any atom is -0.464 e. The van der Waals surface area contributed by atoms with Crippen molar-refractivity contribution in [3.63, 3.8) is 0 Å². The second kappa shape index (κ2) is 8.70. The number of fused-ring (bicyclic) bond motifs is 1. The fourth-order valence-electron chi connectivity index (χ4n) is 4.04. The maximum Gasteiger partial charge on any atom is 0.410 e. The summed E-state index contributed by atoms with van der Waals surface area (Å²) in [6, 6.07) is 1.36. The van der Waals surface area contributed by atoms with E-state index in [0.717, 1.165) is 25.7 Å². The summed E-state index contributed by atoms with van der Waals surface area (Å²) in [6.45, 7) is 2.50. The number of carbonyl (C=O) groups is 3. The SMILES string of the molecule is CCOC(=O)[C@@H]1C[C@H]2C[C@@H](N(C=O)CC#N)CC[C@H]2CN1C(=O)OC. The van der Waals surface area contributed by atoms with Gasteiger partial charge < -0.3 is 14.4 Å². The molecule has 0 unspecified atom stereocenters. The van der Waals surface area contributed by atoms with Gasteiger partial charge in [0.05, 0.1) is 19.8 Å². The van der Waals surface area contributed by atoms with E-state index in [9.17, 15) is 14.4 Å². The van der Waals surface area contributed by atoms with E-state index in [1.54, 1.807) is 6.92 Å². The highest BCUT2D eigenvalue weighted by Crippen LogP contribution is 2.40. The van der Waals surface area contributed by atoms with Crippen LogP contribution in [0.5, 0.6) is 0 Å². The summed E-state index contributed by atoms with van der Waals surface area (Å²) < 4.78 is 9.95. The molecule has 8 heteroatoms. The molecular weight excluding hydrogens is 326 g/mol. The van der Waals surface area contributed by atoms with Crippen LogP contribution < -0.4 is 0 Å². The molecule has 4 atom stereocenters. The molecule has 1 heterocycles. The van der Waals surface area contributed by atoms with Gasteiger partial charge in [-0.15, -0.1) is 0 Å². The molecule has 2 rings (SSSR count). The fraction of sp³-hybridized carbons (Fsp3) is 0.765. The van der Waals surface area contributed by atoms with Crippen molar-refractivity contribution < 1.29 is 23.9 Å². The van der Waals surface area contributed by atoms with Crippen LogP contribution in [0.3, 0.4) is 0 Å². The summed E-state index contributed by atoms with van der Waals surface area (Å²) in [5, 5.41) is 8.86. The molecule has 138 valence electrons. The summed E-state index contributed by atoms with van der Waals surface area (Å²) in [4.78, 5) is 38.6. The second-order valence-electron chi connectivity index (χ2n) is 6.55. The molecule has 1 aliphatic carbocycles. The van der Waals surface area contributed by atoms with Gasteiger partial charge in [0.2, 0.25) is 6.41 Å². The Kier molecular flexibility index (Phi) is 6.62. The van der Waals surface area contributed by atoms with E-state index in [1.807, 2.05) is 6.07 Å². The number of carbonyl (C=O) groups excluding carboxylic acids is 3. The zero-order chi connectivity index (χ0) is 18.4. The van der Waals surface area contributed by atoms with Gasteiger partial charge in [-0.05, 0) is 44.4 Å². The molecule has 0 N–H and O–H groups in total. The molecule has 0 aromatic carbocycles. The fourth-order valence-corrected chi connectivity index (χ4v) is 4.04. The lowest BCUT2D eigenvalue weighted by atomic mass is 9.71. The summed E-state index contributed by atoms with van der Waals surface area (Å²) in [7, 11) is 1.30. The molecule has 1 saturated carbocycles. The molecule has 0 bridgehead atoms. The lowest BCUT2D eigenvalue weighted by molar-refractivity contribution is -0.152. The Hall–Kier alpha value is -2.30. The van der Waals surface area contributed by atoms with E-state index in [1.165, 1.54) is 16.9 Å². The Morgan fingerprint density at radius 1 is 1.32 bits per heavy atom. The zero-order valence-electron chi connectivity index (χ0n) is 14.7. The molecule has 0 radical (unpaired) electrons. The van der Waals surface area contributed by atoms with E-state index in [0.29, 0.717) is 13.0 Å². The van der Waals surface area contributed by atoms with E-state index >= 15 is 0 Å². The van der Waals surface area contributed by atoms with Crippen molar-refractivity contribution in [1.82, 2.24) is 9.80 Å². The first kappa shape index (κ1) is 19.0. The van der Waals surface area contributed by atoms with Gasteiger partial charge >= 0.3 is 12.1 Å². The highest BCUT2D eigenvalue weighted by Gasteiger charge is 2.45. The quantitative estimate of drug-likeness (QED) is 0.418. The van der Waals surface area contributed by atoms with Crippen molar-refractivity contribution in [2.75, 3.05) is 26.8 Å². The van der Waals surface area contributed by atoms with Crippen LogP contribution in [-0.2, 0) is 19.1 Å². The number of amides is 2. The number of likely N-dealkylation sites (tertiary alicyclic amines) is 1. The van der Waals surface area contributed by atoms with Crippen molar-refractivity contribution in [2.45, 2.75) is 44.7 Å². The van der Waals surface area contributed by atoms with Crippen LogP contribution in [-0.4, -0.2) is 67.2 Å². The number of piperidine rings is 1. The first-order valence-corrected chi connectivity index (χ1v) is 8.64. The summed E-state index contributed by atoms with van der Waals surface area (Å²) in [5.74, 6) is 0.0459. The number of ether oxygens (including phenoxy) is 2. The monoisotopic (exact) mass is 351 g/mol. The van der Waals surface area contributed by atoms with Crippen LogP contribution in [0.1, 0.15) is 32.6 Å². The van der Waals surface area contributed by atoms with Gasteiger partial charge in [0, 0.05) is 12.6 Å². The minimum atomic E-state index is -0.659. The molecule has 8 nitrogen and oxygen atoms in total. The Labute approximate surface area is 147 Å². The Balaban J connectivity index is 2.12. The van der Waals surface area contributed by atoms with Crippen LogP contribution in [0.4, 0.5) is 4.79 Å². The molecule has 0 aromatic heterocycles. The van der Waals surface area contributed by atoms with Gasteiger partial charge in [-0.1, -0.05) is 0 Å². The van der Waals surface area contributed by atoms with Gasteiger partial charge in [-0.25, -0.2) is 9.59 Å². The lowest BCUT2D eigenvalue weighted by Crippen LogP contribution is -2.56. The van der Waals surface area contributed by atoms with Crippen molar-refractivity contribution in [3.05, 3.63) is 0 Å². The zero-order valence-corrected chi connectivity index (χ0v) is 14.7. The Morgan fingerprint density at radius 2 is 2.08 bits per heavy atom. The number of methoxy groups -OCH3 is 1. The van der Waals surface area contributed by atoms with E-state index in [2.05, 4.69) is 0 Å². The van der Waals surface area contributed by atoms with Crippen LogP contribution in [0.2, 0.25) is 0 Å². The molecule has 2 aliphatic rings. The van der Waals surface area contributed by atoms with Crippen LogP contribution in [0, 0.1) is 23.2 Å². The topological polar surface area (TPSA) is 99.9 Å². The smallest absolute Gasteiger partial charge is 0.410 e. The molecule has 0 aromatic rings. The van der Waals surface area contributed by atoms with Crippen molar-refractivity contribution in [3.8, 4) is 6.07 Å². The van der Waals surface area contributed by atoms with Gasteiger partial charge in [-0.2, -0.15) is 5.26 Å². The van der Waals surface area contributed by atoms with E-state index in [-0.39, 0.29) is 31.0 Å². The highest BCUT2D eigenvalue weighted by molar-refractivity contribution is 5.81. The standard InChI is InChI=1S/C17H25N3O5/c1-3-25-16(22)15-9-13-8-14(19(11-21)7-6-18)5-4-12(13)10-20(15)17(23)24-2/h11-15H,3-5,7-10H2,1-2H3/t12-,13+,14-,15-/m0/s1. The van der Waals surface area contributed by atoms with E-state index in [4.69, 9.17) is 14.7 Å². The average molecular weight is 351 g/mol. The number of rotatable bonds is 5. The molecule has 1 saturated heterocycles. The summed E-state index contributed by atoms with van der Waals surface area (Å²) >= 11 is 0. The van der Waals surface area contributed by atoms with E-state index < -0.39 is 18.1 Å². The van der Waals surface area contributed by atoms with Gasteiger partial charge in [-0.3, -0.25) is 9.69 Å². The third-order valence-electron chi connectivity index (χ3n) is 5.27. The third kappa shape index (κ3) is 4.21. The first-order chi connectivity index (χ1) is 12.0. The second-order valence-corrected chi connectivity index (χ2v) is 6.55. The number of esters is 1. The predicted octanol–water partition coefficient (Wildman–Crippen LogP) is 1.16. The molecule has 0 spiro atoms. The Morgan fingerprint density at radius 3 is 2.68 bits per heavy atom. The van der Waals surface area contributed by atoms with Gasteiger partial charge in [0.25, 0.3) is 0 Å². The van der Waals surface area contributed by atoms with Crippen LogP contribution in [0.15, 0.2) is 0 Å². The molecular formula is C17H25N3O5. The van der Waals surface area contributed by atoms with Crippen LogP contribution >= 0.6 is 0 Å². The summed E-state index contributed by atoms with van der Waals surface area (Å²) in [6.07, 6.45) is 3.07. The summed E-state index contributed by atoms with van der Waals surface area (Å²) in [5.41, 5.74) is 0. The molecule has 2 amide bonds. The number of hydrogen-bond donors (Lipinski definition) is 0. The van der Waals surface area contributed by atoms with Crippen molar-refractivity contribution in [1.29, 1.82) is 5.26 Å². The van der Waals surface area contributed by atoms with Crippen LogP contribution in [0.25, 0.3) is 0 Å². The first-order valence-electron chi connectivity index (χ1n) is 8.64.